The summed E-state index contributed by atoms with van der Waals surface area (Å²) in [5.41, 5.74) is 3.88. The molecule has 1 aliphatic heterocycles. The minimum absolute atomic E-state index is 0.0287. The molecule has 4 atom stereocenters. The fourth-order valence-electron chi connectivity index (χ4n) is 4.71. The lowest BCUT2D eigenvalue weighted by Crippen LogP contribution is -2.58. The minimum atomic E-state index is -0.403. The van der Waals surface area contributed by atoms with Crippen LogP contribution in [0.3, 0.4) is 0 Å². The van der Waals surface area contributed by atoms with Crippen molar-refractivity contribution in [3.8, 4) is 0 Å². The summed E-state index contributed by atoms with van der Waals surface area (Å²) < 4.78 is 0. The predicted octanol–water partition coefficient (Wildman–Crippen LogP) is 4.33. The quantitative estimate of drug-likeness (QED) is 0.619. The van der Waals surface area contributed by atoms with Crippen LogP contribution in [-0.2, 0) is 9.59 Å². The Kier molecular flexibility index (Phi) is 8.17. The molecule has 0 aromatic carbocycles. The van der Waals surface area contributed by atoms with Crippen LogP contribution in [0.4, 0.5) is 0 Å². The van der Waals surface area contributed by atoms with Crippen LogP contribution < -0.4 is 10.6 Å². The van der Waals surface area contributed by atoms with Crippen molar-refractivity contribution in [3.05, 3.63) is 39.9 Å². The van der Waals surface area contributed by atoms with E-state index in [0.29, 0.717) is 18.9 Å². The molecule has 33 heavy (non-hydrogen) atoms. The Morgan fingerprint density at radius 1 is 1.24 bits per heavy atom. The zero-order valence-corrected chi connectivity index (χ0v) is 22.0. The topological polar surface area (TPSA) is 74.3 Å². The van der Waals surface area contributed by atoms with E-state index in [-0.39, 0.29) is 35.4 Å². The van der Waals surface area contributed by atoms with Gasteiger partial charge in [0.25, 0.3) is 0 Å². The fourth-order valence-corrected chi connectivity index (χ4v) is 5.60. The highest BCUT2D eigenvalue weighted by Crippen LogP contribution is 2.32. The van der Waals surface area contributed by atoms with Gasteiger partial charge in [-0.15, -0.1) is 11.3 Å². The lowest BCUT2D eigenvalue weighted by Gasteiger charge is -2.37. The van der Waals surface area contributed by atoms with Crippen LogP contribution in [0.1, 0.15) is 77.3 Å². The Labute approximate surface area is 202 Å². The molecule has 1 aromatic heterocycles. The monoisotopic (exact) mass is 472 g/mol. The van der Waals surface area contributed by atoms with Crippen molar-refractivity contribution in [2.75, 3.05) is 6.54 Å². The molecule has 1 fully saturated rings. The number of hydrogen-bond donors (Lipinski definition) is 2. The predicted molar refractivity (Wildman–Crippen MR) is 135 cm³/mol. The van der Waals surface area contributed by atoms with Crippen LogP contribution in [0, 0.1) is 12.3 Å². The number of nitrogens with zero attached hydrogens (tertiary/aromatic N) is 2. The van der Waals surface area contributed by atoms with Crippen molar-refractivity contribution < 1.29 is 9.59 Å². The molecule has 0 saturated carbocycles. The number of allylic oxidation sites excluding steroid dienone is 2. The molecule has 2 amide bonds. The van der Waals surface area contributed by atoms with Crippen LogP contribution in [0.5, 0.6) is 0 Å². The highest BCUT2D eigenvalue weighted by Gasteiger charge is 2.41. The zero-order chi connectivity index (χ0) is 24.3. The van der Waals surface area contributed by atoms with Gasteiger partial charge in [0, 0.05) is 23.4 Å². The third kappa shape index (κ3) is 6.12. The number of aryl methyl sites for hydroxylation is 1. The zero-order valence-electron chi connectivity index (χ0n) is 21.1. The largest absolute Gasteiger partial charge is 0.348 e. The molecule has 1 aromatic rings. The third-order valence-corrected chi connectivity index (χ3v) is 7.62. The molecule has 0 spiro atoms. The van der Waals surface area contributed by atoms with Crippen LogP contribution in [0.2, 0.25) is 0 Å². The summed E-state index contributed by atoms with van der Waals surface area (Å²) >= 11 is 1.70. The second-order valence-corrected chi connectivity index (χ2v) is 11.6. The number of aromatic nitrogens is 1. The molecule has 6 nitrogen and oxygen atoms in total. The van der Waals surface area contributed by atoms with E-state index in [0.717, 1.165) is 24.1 Å². The molecule has 0 radical (unpaired) electrons. The Hall–Kier alpha value is -1.99. The van der Waals surface area contributed by atoms with Crippen LogP contribution in [0.25, 0.3) is 0 Å². The van der Waals surface area contributed by atoms with Gasteiger partial charge in [-0.1, -0.05) is 52.8 Å². The Bertz CT molecular complexity index is 912. The Morgan fingerprint density at radius 3 is 2.52 bits per heavy atom. The Morgan fingerprint density at radius 2 is 1.97 bits per heavy atom. The van der Waals surface area contributed by atoms with Gasteiger partial charge >= 0.3 is 0 Å². The molecule has 182 valence electrons. The molecule has 0 bridgehead atoms. The molecular formula is C26H40N4O2S. The molecule has 2 N–H and O–H groups in total. The van der Waals surface area contributed by atoms with E-state index in [4.69, 9.17) is 0 Å². The normalized spacial score (nSPS) is 22.9. The van der Waals surface area contributed by atoms with E-state index in [9.17, 15) is 9.59 Å². The number of rotatable bonds is 7. The maximum absolute atomic E-state index is 13.5. The van der Waals surface area contributed by atoms with E-state index >= 15 is 0 Å². The number of nitrogens with one attached hydrogen (secondary N) is 2. The van der Waals surface area contributed by atoms with E-state index in [2.05, 4.69) is 61.5 Å². The summed E-state index contributed by atoms with van der Waals surface area (Å²) in [6.07, 6.45) is 9.04. The van der Waals surface area contributed by atoms with E-state index < -0.39 is 6.04 Å². The van der Waals surface area contributed by atoms with Gasteiger partial charge in [-0.05, 0) is 44.1 Å². The van der Waals surface area contributed by atoms with Crippen LogP contribution >= 0.6 is 11.3 Å². The number of likely N-dealkylation sites (tertiary alicyclic amines) is 1. The summed E-state index contributed by atoms with van der Waals surface area (Å²) in [6.45, 7) is 15.0. The Balaban J connectivity index is 1.63. The van der Waals surface area contributed by atoms with Crippen molar-refractivity contribution in [1.82, 2.24) is 20.5 Å². The first-order valence-corrected chi connectivity index (χ1v) is 13.0. The highest BCUT2D eigenvalue weighted by atomic mass is 32.1. The van der Waals surface area contributed by atoms with Gasteiger partial charge < -0.3 is 15.5 Å². The number of carbonyl (C=O) groups excluding carboxylic acids is 2. The van der Waals surface area contributed by atoms with Crippen molar-refractivity contribution in [3.63, 3.8) is 0 Å². The van der Waals surface area contributed by atoms with E-state index in [1.54, 1.807) is 16.2 Å². The molecule has 1 saturated heterocycles. The third-order valence-electron chi connectivity index (χ3n) is 6.56. The van der Waals surface area contributed by atoms with Crippen molar-refractivity contribution in [2.45, 2.75) is 97.8 Å². The first kappa shape index (κ1) is 25.6. The summed E-state index contributed by atoms with van der Waals surface area (Å²) in [7, 11) is 0. The molecule has 4 unspecified atom stereocenters. The fraction of sp³-hybridized carbons (Fsp3) is 0.654. The van der Waals surface area contributed by atoms with Crippen molar-refractivity contribution in [1.29, 1.82) is 0 Å². The van der Waals surface area contributed by atoms with Crippen LogP contribution in [0.15, 0.2) is 29.3 Å². The second kappa shape index (κ2) is 10.5. The lowest BCUT2D eigenvalue weighted by molar-refractivity contribution is -0.142. The van der Waals surface area contributed by atoms with Crippen molar-refractivity contribution >= 4 is 23.2 Å². The number of thiazole rings is 1. The molecule has 7 heteroatoms. The number of amides is 2. The molecule has 3 rings (SSSR count). The molecule has 2 heterocycles. The van der Waals surface area contributed by atoms with Gasteiger partial charge in [0.15, 0.2) is 0 Å². The standard InChI is InChI=1S/C26H40N4O2S/c1-16(2)28-23(26(5,6)7)25(32)30-14-8-9-21(30)24(31)29-17(3)19-10-12-20(13-11-19)22-18(4)27-15-33-22/h10-12,15-17,20-21,23,28H,8-9,13-14H2,1-7H3,(H,29,31). The van der Waals surface area contributed by atoms with Gasteiger partial charge in [-0.3, -0.25) is 9.59 Å². The van der Waals surface area contributed by atoms with Gasteiger partial charge in [0.1, 0.15) is 6.04 Å². The SMILES string of the molecule is Cc1ncsc1C1C=CC(C(C)NC(=O)C2CCCN2C(=O)C(NC(C)C)C(C)(C)C)=CC1. The summed E-state index contributed by atoms with van der Waals surface area (Å²) in [4.78, 5) is 34.1. The van der Waals surface area contributed by atoms with E-state index in [1.165, 1.54) is 4.88 Å². The average Bonchev–Trinajstić information content (AvgIpc) is 3.40. The smallest absolute Gasteiger partial charge is 0.243 e. The summed E-state index contributed by atoms with van der Waals surface area (Å²) in [5.74, 6) is 0.330. The first-order valence-electron chi connectivity index (χ1n) is 12.1. The number of hydrogen-bond acceptors (Lipinski definition) is 5. The lowest BCUT2D eigenvalue weighted by atomic mass is 9.85. The van der Waals surface area contributed by atoms with Gasteiger partial charge in [-0.25, -0.2) is 4.98 Å². The van der Waals surface area contributed by atoms with Gasteiger partial charge in [-0.2, -0.15) is 0 Å². The number of carbonyl (C=O) groups is 2. The van der Waals surface area contributed by atoms with Gasteiger partial charge in [0.2, 0.25) is 11.8 Å². The maximum Gasteiger partial charge on any atom is 0.243 e. The minimum Gasteiger partial charge on any atom is -0.348 e. The van der Waals surface area contributed by atoms with Crippen LogP contribution in [-0.4, -0.2) is 52.4 Å². The molecular weight excluding hydrogens is 432 g/mol. The highest BCUT2D eigenvalue weighted by molar-refractivity contribution is 7.09. The van der Waals surface area contributed by atoms with Gasteiger partial charge in [0.05, 0.1) is 23.3 Å². The summed E-state index contributed by atoms with van der Waals surface area (Å²) in [5, 5.41) is 6.60. The molecule has 2 aliphatic rings. The molecule has 1 aliphatic carbocycles. The average molecular weight is 473 g/mol. The van der Waals surface area contributed by atoms with Crippen molar-refractivity contribution in [2.24, 2.45) is 5.41 Å². The second-order valence-electron chi connectivity index (χ2n) is 10.7. The first-order chi connectivity index (χ1) is 15.5. The maximum atomic E-state index is 13.5. The summed E-state index contributed by atoms with van der Waals surface area (Å²) in [6, 6.07) is -0.628. The van der Waals surface area contributed by atoms with E-state index in [1.807, 2.05) is 26.3 Å².